The molecule has 3 saturated heterocycles. The summed E-state index contributed by atoms with van der Waals surface area (Å²) in [5.74, 6) is -1.04. The summed E-state index contributed by atoms with van der Waals surface area (Å²) in [4.78, 5) is 89.6. The van der Waals surface area contributed by atoms with Crippen LogP contribution in [0.15, 0.2) is 91.1 Å². The molecule has 1 aromatic heterocycles. The van der Waals surface area contributed by atoms with Crippen LogP contribution in [-0.4, -0.2) is 102 Å². The lowest BCUT2D eigenvalue weighted by Gasteiger charge is -2.37. The number of likely N-dealkylation sites (tertiary alicyclic amines) is 1. The predicted octanol–water partition coefficient (Wildman–Crippen LogP) is 8.38. The number of carbonyl (C=O) groups excluding carboxylic acids is 6. The van der Waals surface area contributed by atoms with Gasteiger partial charge in [-0.05, 0) is 128 Å². The molecule has 1 saturated carbocycles. The highest BCUT2D eigenvalue weighted by Crippen LogP contribution is 2.42. The third kappa shape index (κ3) is 9.68. The molecule has 4 fully saturated rings. The summed E-state index contributed by atoms with van der Waals surface area (Å²) < 4.78 is 20.5. The number of piperidine rings is 2. The monoisotopic (exact) mass is 967 g/mol. The first-order chi connectivity index (χ1) is 33.9. The number of rotatable bonds is 11. The van der Waals surface area contributed by atoms with Crippen molar-refractivity contribution in [1.82, 2.24) is 20.1 Å². The minimum atomic E-state index is -1.02. The fourth-order valence-electron chi connectivity index (χ4n) is 11.1. The van der Waals surface area contributed by atoms with Crippen molar-refractivity contribution in [3.05, 3.63) is 124 Å². The fourth-order valence-corrected chi connectivity index (χ4v) is 11.3. The average molecular weight is 969 g/mol. The van der Waals surface area contributed by atoms with Crippen molar-refractivity contribution in [2.24, 2.45) is 11.8 Å². The number of hydrogen-bond acceptors (Lipinski definition) is 10. The molecule has 5 aromatic rings. The molecule has 2 N–H and O–H groups in total. The zero-order chi connectivity index (χ0) is 48.6. The van der Waals surface area contributed by atoms with Crippen molar-refractivity contribution >= 4 is 75.0 Å². The van der Waals surface area contributed by atoms with Gasteiger partial charge in [0.05, 0.1) is 21.7 Å². The summed E-state index contributed by atoms with van der Waals surface area (Å²) in [5, 5.41) is 6.62. The molecule has 4 aromatic carbocycles. The Morgan fingerprint density at radius 3 is 2.27 bits per heavy atom. The van der Waals surface area contributed by atoms with Crippen LogP contribution in [0.4, 0.5) is 21.5 Å². The summed E-state index contributed by atoms with van der Waals surface area (Å²) in [5.41, 5.74) is 5.42. The van der Waals surface area contributed by atoms with Crippen molar-refractivity contribution < 1.29 is 37.9 Å². The maximum atomic E-state index is 14.1. The Morgan fingerprint density at radius 1 is 0.800 bits per heavy atom. The molecule has 5 heterocycles. The maximum absolute atomic E-state index is 14.1. The third-order valence-corrected chi connectivity index (χ3v) is 15.3. The number of hydrogen-bond donors (Lipinski definition) is 2. The minimum Gasteiger partial charge on any atom is -0.489 e. The van der Waals surface area contributed by atoms with E-state index in [1.165, 1.54) is 6.07 Å². The molecule has 362 valence electrons. The number of nitrogens with zero attached hydrogens (tertiary/aromatic N) is 5. The first kappa shape index (κ1) is 46.8. The number of halogens is 2. The van der Waals surface area contributed by atoms with Gasteiger partial charge < -0.3 is 24.8 Å². The molecule has 0 spiro atoms. The van der Waals surface area contributed by atoms with Gasteiger partial charge in [0, 0.05) is 105 Å². The van der Waals surface area contributed by atoms with Crippen LogP contribution in [0.25, 0.3) is 10.9 Å². The van der Waals surface area contributed by atoms with Crippen LogP contribution < -0.4 is 25.2 Å². The highest BCUT2D eigenvalue weighted by molar-refractivity contribution is 6.32. The quantitative estimate of drug-likeness (QED) is 0.123. The van der Waals surface area contributed by atoms with Gasteiger partial charge in [0.25, 0.3) is 17.7 Å². The van der Waals surface area contributed by atoms with Crippen molar-refractivity contribution in [2.45, 2.75) is 82.8 Å². The molecule has 4 aliphatic heterocycles. The second-order valence-corrected chi connectivity index (χ2v) is 19.8. The second-order valence-electron chi connectivity index (χ2n) is 19.4. The van der Waals surface area contributed by atoms with E-state index in [0.717, 1.165) is 58.4 Å². The number of imide groups is 2. The lowest BCUT2D eigenvalue weighted by atomic mass is 9.73. The fraction of sp³-hybridized carbons (Fsp3) is 0.389. The number of carbonyl (C=O) groups is 6. The Morgan fingerprint density at radius 2 is 1.53 bits per heavy atom. The molecule has 2 atom stereocenters. The summed E-state index contributed by atoms with van der Waals surface area (Å²) in [7, 11) is 0. The maximum Gasteiger partial charge on any atom is 0.262 e. The number of fused-ring (bicyclic) bond motifs is 2. The Labute approximate surface area is 410 Å². The smallest absolute Gasteiger partial charge is 0.262 e. The average Bonchev–Trinajstić information content (AvgIpc) is 3.62. The molecule has 0 bridgehead atoms. The topological polar surface area (TPSA) is 162 Å². The number of benzene rings is 4. The van der Waals surface area contributed by atoms with Crippen LogP contribution >= 0.6 is 11.6 Å². The van der Waals surface area contributed by atoms with Crippen molar-refractivity contribution in [2.75, 3.05) is 54.4 Å². The Bertz CT molecular complexity index is 2890. The minimum absolute atomic E-state index is 0.0493. The van der Waals surface area contributed by atoms with E-state index in [0.29, 0.717) is 92.4 Å². The van der Waals surface area contributed by atoms with E-state index in [1.807, 2.05) is 47.5 Å². The van der Waals surface area contributed by atoms with E-state index in [2.05, 4.69) is 32.3 Å². The molecular weight excluding hydrogens is 913 g/mol. The summed E-state index contributed by atoms with van der Waals surface area (Å²) in [6.07, 6.45) is 7.41. The van der Waals surface area contributed by atoms with Crippen molar-refractivity contribution in [3.8, 4) is 5.75 Å². The highest BCUT2D eigenvalue weighted by atomic mass is 35.5. The number of pyridine rings is 1. The standard InChI is InChI=1S/C54H55ClFN7O7/c1-32(33-5-7-34(8-6-33)41-17-20-57-46-14-9-36(56)29-43(41)46)27-50(65)58-37-10-13-45(55)48(30-37)70-40-18-21-62(22-19-40)52(67)35-3-2-4-38(28-35)60-23-25-61(26-24-60)39-11-12-42-44(31-39)54(69)63(53(42)68)47-15-16-49(64)59-51(47)66/h2-4,9-14,17,20,28-34,40,47H,5-8,15-16,18-19,21-27H2,1H3,(H,58,65)(H,59,64,66). The molecular formula is C54H55ClFN7O7. The van der Waals surface area contributed by atoms with Crippen LogP contribution in [-0.2, 0) is 14.4 Å². The number of aromatic nitrogens is 1. The summed E-state index contributed by atoms with van der Waals surface area (Å²) >= 11 is 6.60. The van der Waals surface area contributed by atoms with Crippen LogP contribution in [0.3, 0.4) is 0 Å². The van der Waals surface area contributed by atoms with Gasteiger partial charge in [0.1, 0.15) is 23.7 Å². The molecule has 1 aliphatic carbocycles. The number of ether oxygens (including phenoxy) is 1. The first-order valence-corrected chi connectivity index (χ1v) is 24.8. The normalized spacial score (nSPS) is 21.4. The van der Waals surface area contributed by atoms with Gasteiger partial charge in [-0.2, -0.15) is 0 Å². The molecule has 70 heavy (non-hydrogen) atoms. The van der Waals surface area contributed by atoms with Crippen LogP contribution in [0.1, 0.15) is 107 Å². The van der Waals surface area contributed by atoms with Gasteiger partial charge in [-0.3, -0.25) is 44.0 Å². The molecule has 6 amide bonds. The van der Waals surface area contributed by atoms with Crippen LogP contribution in [0.5, 0.6) is 5.75 Å². The van der Waals surface area contributed by atoms with Crippen LogP contribution in [0, 0.1) is 17.7 Å². The Balaban J connectivity index is 0.679. The summed E-state index contributed by atoms with van der Waals surface area (Å²) in [6, 6.07) is 23.9. The zero-order valence-corrected chi connectivity index (χ0v) is 39.8. The van der Waals surface area contributed by atoms with Gasteiger partial charge in [-0.1, -0.05) is 24.6 Å². The first-order valence-electron chi connectivity index (χ1n) is 24.4. The number of amides is 6. The van der Waals surface area contributed by atoms with Crippen LogP contribution in [0.2, 0.25) is 5.02 Å². The molecule has 2 unspecified atom stereocenters. The number of anilines is 3. The number of piperazine rings is 1. The molecule has 5 aliphatic rings. The van der Waals surface area contributed by atoms with Crippen molar-refractivity contribution in [3.63, 3.8) is 0 Å². The van der Waals surface area contributed by atoms with E-state index in [-0.39, 0.29) is 53.6 Å². The predicted molar refractivity (Wildman–Crippen MR) is 264 cm³/mol. The van der Waals surface area contributed by atoms with E-state index in [1.54, 1.807) is 42.5 Å². The summed E-state index contributed by atoms with van der Waals surface area (Å²) in [6.45, 7) is 5.78. The van der Waals surface area contributed by atoms with Gasteiger partial charge in [0.2, 0.25) is 17.7 Å². The van der Waals surface area contributed by atoms with Gasteiger partial charge >= 0.3 is 0 Å². The molecule has 16 heteroatoms. The van der Waals surface area contributed by atoms with Gasteiger partial charge in [-0.15, -0.1) is 0 Å². The van der Waals surface area contributed by atoms with Crippen molar-refractivity contribution in [1.29, 1.82) is 0 Å². The third-order valence-electron chi connectivity index (χ3n) is 15.0. The Hall–Kier alpha value is -6.87. The largest absolute Gasteiger partial charge is 0.489 e. The zero-order valence-electron chi connectivity index (χ0n) is 39.0. The number of nitrogens with one attached hydrogen (secondary N) is 2. The lowest BCUT2D eigenvalue weighted by Crippen LogP contribution is -2.54. The Kier molecular flexibility index (Phi) is 13.3. The van der Waals surface area contributed by atoms with E-state index in [4.69, 9.17) is 16.3 Å². The molecule has 0 radical (unpaired) electrons. The second kappa shape index (κ2) is 19.9. The molecule has 10 rings (SSSR count). The molecule has 14 nitrogen and oxygen atoms in total. The van der Waals surface area contributed by atoms with Gasteiger partial charge in [0.15, 0.2) is 0 Å². The highest BCUT2D eigenvalue weighted by Gasteiger charge is 2.45. The van der Waals surface area contributed by atoms with E-state index >= 15 is 0 Å². The van der Waals surface area contributed by atoms with E-state index in [9.17, 15) is 33.2 Å². The lowest BCUT2D eigenvalue weighted by molar-refractivity contribution is -0.136. The van der Waals surface area contributed by atoms with Gasteiger partial charge in [-0.25, -0.2) is 4.39 Å². The SMILES string of the molecule is CC(CC(=O)Nc1ccc(Cl)c(OC2CCN(C(=O)c3cccc(N4CCN(c5ccc6c(c5)C(=O)N(C5CCC(=O)NC5=O)C6=O)CC4)c3)CC2)c1)C1CCC(c2ccnc3ccc(F)cc23)CC1. The van der Waals surface area contributed by atoms with E-state index < -0.39 is 29.7 Å².